The Balaban J connectivity index is 0.00000533. The van der Waals surface area contributed by atoms with Crippen molar-refractivity contribution in [2.75, 3.05) is 0 Å². The van der Waals surface area contributed by atoms with E-state index >= 15 is 0 Å². The molecule has 0 aliphatic heterocycles. The molecule has 0 aliphatic rings. The maximum Gasteiger partial charge on any atom is 0.122 e. The first kappa shape index (κ1) is 32.7. The molecule has 0 heterocycles. The lowest BCUT2D eigenvalue weighted by Crippen LogP contribution is -2.17. The van der Waals surface area contributed by atoms with E-state index in [0.717, 1.165) is 36.8 Å². The van der Waals surface area contributed by atoms with E-state index < -0.39 is 0 Å². The van der Waals surface area contributed by atoms with E-state index in [1.54, 1.807) is 0 Å². The van der Waals surface area contributed by atoms with E-state index in [1.165, 1.54) is 34.2 Å². The molecule has 0 saturated carbocycles. The van der Waals surface area contributed by atoms with Gasteiger partial charge in [-0.15, -0.1) is 0 Å². The van der Waals surface area contributed by atoms with Crippen molar-refractivity contribution in [3.8, 4) is 5.75 Å². The van der Waals surface area contributed by atoms with Gasteiger partial charge in [0, 0.05) is 0 Å². The molecule has 214 valence electrons. The van der Waals surface area contributed by atoms with Crippen molar-refractivity contribution in [1.29, 1.82) is 0 Å². The number of phenols is 1. The predicted molar refractivity (Wildman–Crippen MR) is 172 cm³/mol. The normalized spacial score (nSPS) is 13.2. The standard InChI is InChI=1S/C37H52O.CH4/c1-26(25-35(2,3)4)21-28-15-17-30(18-16-28)22-29-13-11-27(12-14-29)19-20-31-23-32(36(5,6)7)24-33(34(31)38)37(8,9)10;/h11-18,23-24,26,38H,19-22,25H2,1-10H3;1H4. The lowest BCUT2D eigenvalue weighted by atomic mass is 9.78. The van der Waals surface area contributed by atoms with Gasteiger partial charge in [-0.3, -0.25) is 0 Å². The third-order valence-corrected chi connectivity index (χ3v) is 7.55. The maximum atomic E-state index is 11.1. The van der Waals surface area contributed by atoms with Crippen molar-refractivity contribution >= 4 is 0 Å². The summed E-state index contributed by atoms with van der Waals surface area (Å²) in [5, 5.41) is 11.1. The second-order valence-electron chi connectivity index (χ2n) is 14.9. The minimum absolute atomic E-state index is 0. The second-order valence-corrected chi connectivity index (χ2v) is 14.9. The summed E-state index contributed by atoms with van der Waals surface area (Å²) < 4.78 is 0. The molecule has 0 amide bonds. The summed E-state index contributed by atoms with van der Waals surface area (Å²) in [6.45, 7) is 22.6. The first-order valence-electron chi connectivity index (χ1n) is 14.5. The highest BCUT2D eigenvalue weighted by Crippen LogP contribution is 2.38. The van der Waals surface area contributed by atoms with Crippen molar-refractivity contribution in [1.82, 2.24) is 0 Å². The van der Waals surface area contributed by atoms with Crippen LogP contribution in [-0.2, 0) is 36.5 Å². The minimum Gasteiger partial charge on any atom is -0.507 e. The van der Waals surface area contributed by atoms with Gasteiger partial charge in [0.1, 0.15) is 5.75 Å². The van der Waals surface area contributed by atoms with Gasteiger partial charge in [-0.1, -0.05) is 137 Å². The average molecular weight is 529 g/mol. The van der Waals surface area contributed by atoms with Crippen LogP contribution in [0.15, 0.2) is 60.7 Å². The van der Waals surface area contributed by atoms with Crippen molar-refractivity contribution in [3.63, 3.8) is 0 Å². The number of rotatable bonds is 8. The maximum absolute atomic E-state index is 11.1. The monoisotopic (exact) mass is 528 g/mol. The first-order valence-corrected chi connectivity index (χ1v) is 14.5. The highest BCUT2D eigenvalue weighted by molar-refractivity contribution is 5.49. The van der Waals surface area contributed by atoms with Gasteiger partial charge in [0.05, 0.1) is 0 Å². The zero-order chi connectivity index (χ0) is 28.3. The van der Waals surface area contributed by atoms with E-state index in [1.807, 2.05) is 0 Å². The Kier molecular flexibility index (Phi) is 10.7. The van der Waals surface area contributed by atoms with Gasteiger partial charge in [-0.25, -0.2) is 0 Å². The molecular weight excluding hydrogens is 472 g/mol. The molecule has 1 nitrogen and oxygen atoms in total. The molecule has 0 bridgehead atoms. The smallest absolute Gasteiger partial charge is 0.122 e. The zero-order valence-corrected chi connectivity index (χ0v) is 25.8. The van der Waals surface area contributed by atoms with E-state index in [0.29, 0.717) is 17.1 Å². The molecule has 39 heavy (non-hydrogen) atoms. The van der Waals surface area contributed by atoms with Gasteiger partial charge in [-0.2, -0.15) is 0 Å². The number of hydrogen-bond acceptors (Lipinski definition) is 1. The fourth-order valence-corrected chi connectivity index (χ4v) is 5.54. The van der Waals surface area contributed by atoms with E-state index in [2.05, 4.69) is 130 Å². The number of aromatic hydroxyl groups is 1. The van der Waals surface area contributed by atoms with Crippen LogP contribution < -0.4 is 0 Å². The Hall–Kier alpha value is -2.54. The molecule has 1 atom stereocenters. The van der Waals surface area contributed by atoms with Crippen LogP contribution >= 0.6 is 0 Å². The molecule has 3 aromatic carbocycles. The Labute approximate surface area is 241 Å². The Morgan fingerprint density at radius 1 is 0.641 bits per heavy atom. The first-order chi connectivity index (χ1) is 17.5. The van der Waals surface area contributed by atoms with Crippen molar-refractivity contribution in [2.45, 2.75) is 120 Å². The Morgan fingerprint density at radius 3 is 1.59 bits per heavy atom. The number of aryl methyl sites for hydroxylation is 2. The fourth-order valence-electron chi connectivity index (χ4n) is 5.54. The molecule has 0 radical (unpaired) electrons. The quantitative estimate of drug-likeness (QED) is 0.308. The van der Waals surface area contributed by atoms with Gasteiger partial charge >= 0.3 is 0 Å². The molecule has 1 unspecified atom stereocenters. The minimum atomic E-state index is -0.0926. The summed E-state index contributed by atoms with van der Waals surface area (Å²) in [7, 11) is 0. The van der Waals surface area contributed by atoms with Crippen LogP contribution in [0.1, 0.15) is 122 Å². The lowest BCUT2D eigenvalue weighted by molar-refractivity contribution is 0.306. The topological polar surface area (TPSA) is 20.2 Å². The van der Waals surface area contributed by atoms with Crippen LogP contribution in [0.4, 0.5) is 0 Å². The number of benzene rings is 3. The van der Waals surface area contributed by atoms with Crippen LogP contribution in [0, 0.1) is 11.3 Å². The average Bonchev–Trinajstić information content (AvgIpc) is 2.78. The molecular formula is C38H56O. The van der Waals surface area contributed by atoms with Gasteiger partial charge < -0.3 is 5.11 Å². The van der Waals surface area contributed by atoms with Crippen LogP contribution in [0.25, 0.3) is 0 Å². The van der Waals surface area contributed by atoms with Gasteiger partial charge in [0.2, 0.25) is 0 Å². The molecule has 3 aromatic rings. The summed E-state index contributed by atoms with van der Waals surface area (Å²) in [5.74, 6) is 1.17. The third-order valence-electron chi connectivity index (χ3n) is 7.55. The summed E-state index contributed by atoms with van der Waals surface area (Å²) in [5.41, 5.74) is 9.20. The highest BCUT2D eigenvalue weighted by Gasteiger charge is 2.24. The molecule has 0 aliphatic carbocycles. The SMILES string of the molecule is C.CC(Cc1ccc(Cc2ccc(CCc3cc(C(C)(C)C)cc(C(C)(C)C)c3O)cc2)cc1)CC(C)(C)C. The van der Waals surface area contributed by atoms with Gasteiger partial charge in [-0.05, 0) is 93.2 Å². The van der Waals surface area contributed by atoms with Crippen molar-refractivity contribution in [3.05, 3.63) is 99.6 Å². The molecule has 1 N–H and O–H groups in total. The summed E-state index contributed by atoms with van der Waals surface area (Å²) in [4.78, 5) is 0. The van der Waals surface area contributed by atoms with E-state index in [9.17, 15) is 5.11 Å². The van der Waals surface area contributed by atoms with Crippen molar-refractivity contribution < 1.29 is 5.11 Å². The molecule has 0 saturated heterocycles. The largest absolute Gasteiger partial charge is 0.507 e. The number of phenolic OH excluding ortho intramolecular Hbond substituents is 1. The van der Waals surface area contributed by atoms with Crippen molar-refractivity contribution in [2.24, 2.45) is 11.3 Å². The van der Waals surface area contributed by atoms with Gasteiger partial charge in [0.25, 0.3) is 0 Å². The third kappa shape index (κ3) is 9.86. The van der Waals surface area contributed by atoms with Crippen LogP contribution in [-0.4, -0.2) is 5.11 Å². The zero-order valence-electron chi connectivity index (χ0n) is 25.8. The summed E-state index contributed by atoms with van der Waals surface area (Å²) in [6, 6.07) is 22.7. The second kappa shape index (κ2) is 12.8. The lowest BCUT2D eigenvalue weighted by Gasteiger charge is -2.27. The van der Waals surface area contributed by atoms with E-state index in [4.69, 9.17) is 0 Å². The molecule has 3 rings (SSSR count). The van der Waals surface area contributed by atoms with Gasteiger partial charge in [0.15, 0.2) is 0 Å². The van der Waals surface area contributed by atoms with Crippen LogP contribution in [0.3, 0.4) is 0 Å². The Morgan fingerprint density at radius 2 is 1.13 bits per heavy atom. The predicted octanol–water partition coefficient (Wildman–Crippen LogP) is 10.6. The number of hydrogen-bond donors (Lipinski definition) is 1. The molecule has 0 spiro atoms. The Bertz CT molecular complexity index is 1180. The molecule has 0 fully saturated rings. The molecule has 1 heteroatoms. The van der Waals surface area contributed by atoms with Crippen LogP contribution in [0.5, 0.6) is 5.75 Å². The highest BCUT2D eigenvalue weighted by atomic mass is 16.3. The summed E-state index contributed by atoms with van der Waals surface area (Å²) >= 11 is 0. The van der Waals surface area contributed by atoms with E-state index in [-0.39, 0.29) is 18.3 Å². The fraction of sp³-hybridized carbons (Fsp3) is 0.526. The molecule has 0 aromatic heterocycles. The van der Waals surface area contributed by atoms with Crippen LogP contribution in [0.2, 0.25) is 0 Å². The summed E-state index contributed by atoms with van der Waals surface area (Å²) in [6.07, 6.45) is 5.12.